The van der Waals surface area contributed by atoms with Crippen molar-refractivity contribution in [3.63, 3.8) is 0 Å². The summed E-state index contributed by atoms with van der Waals surface area (Å²) < 4.78 is 5.81. The van der Waals surface area contributed by atoms with E-state index in [1.807, 2.05) is 25.2 Å². The summed E-state index contributed by atoms with van der Waals surface area (Å²) in [4.78, 5) is 1.12. The minimum absolute atomic E-state index is 0.249. The molecule has 2 nitrogen and oxygen atoms in total. The first-order valence-electron chi connectivity index (χ1n) is 7.09. The summed E-state index contributed by atoms with van der Waals surface area (Å²) in [5, 5.41) is 4.21. The van der Waals surface area contributed by atoms with Crippen molar-refractivity contribution in [3.05, 3.63) is 58.6 Å². The zero-order valence-corrected chi connectivity index (χ0v) is 13.5. The van der Waals surface area contributed by atoms with Crippen molar-refractivity contribution in [2.75, 3.05) is 19.4 Å². The van der Waals surface area contributed by atoms with Gasteiger partial charge in [0.1, 0.15) is 5.75 Å². The average Bonchev–Trinajstić information content (AvgIpc) is 2.98. The van der Waals surface area contributed by atoms with E-state index >= 15 is 0 Å². The SMILES string of the molecule is CNC(CSc1ccccc1Cl)c1cccc2c1OCC2. The van der Waals surface area contributed by atoms with Crippen LogP contribution in [0, 0.1) is 0 Å². The molecule has 110 valence electrons. The fourth-order valence-corrected chi connectivity index (χ4v) is 3.95. The molecule has 0 amide bonds. The lowest BCUT2D eigenvalue weighted by Crippen LogP contribution is -2.19. The molecule has 1 heterocycles. The third-order valence-electron chi connectivity index (χ3n) is 3.71. The summed E-state index contributed by atoms with van der Waals surface area (Å²) in [6.45, 7) is 0.792. The first kappa shape index (κ1) is 14.8. The maximum atomic E-state index is 6.22. The van der Waals surface area contributed by atoms with E-state index in [0.29, 0.717) is 0 Å². The van der Waals surface area contributed by atoms with Gasteiger partial charge >= 0.3 is 0 Å². The van der Waals surface area contributed by atoms with Crippen molar-refractivity contribution >= 4 is 23.4 Å². The summed E-state index contributed by atoms with van der Waals surface area (Å²) >= 11 is 7.99. The van der Waals surface area contributed by atoms with Crippen LogP contribution in [0.2, 0.25) is 5.02 Å². The number of halogens is 1. The van der Waals surface area contributed by atoms with E-state index in [0.717, 1.165) is 34.4 Å². The van der Waals surface area contributed by atoms with Crippen molar-refractivity contribution in [2.24, 2.45) is 0 Å². The molecule has 1 aliphatic heterocycles. The molecule has 1 aliphatic rings. The largest absolute Gasteiger partial charge is 0.493 e. The smallest absolute Gasteiger partial charge is 0.127 e. The van der Waals surface area contributed by atoms with Crippen molar-refractivity contribution in [2.45, 2.75) is 17.4 Å². The second kappa shape index (κ2) is 6.73. The van der Waals surface area contributed by atoms with E-state index in [4.69, 9.17) is 16.3 Å². The molecular formula is C17H18ClNOS. The maximum Gasteiger partial charge on any atom is 0.127 e. The highest BCUT2D eigenvalue weighted by molar-refractivity contribution is 7.99. The Hall–Kier alpha value is -1.16. The Morgan fingerprint density at radius 3 is 2.90 bits per heavy atom. The molecule has 3 rings (SSSR count). The zero-order valence-electron chi connectivity index (χ0n) is 11.9. The quantitative estimate of drug-likeness (QED) is 0.829. The van der Waals surface area contributed by atoms with Crippen molar-refractivity contribution in [1.29, 1.82) is 0 Å². The molecule has 0 saturated heterocycles. The van der Waals surface area contributed by atoms with Gasteiger partial charge < -0.3 is 10.1 Å². The van der Waals surface area contributed by atoms with Crippen molar-refractivity contribution < 1.29 is 4.74 Å². The molecule has 21 heavy (non-hydrogen) atoms. The van der Waals surface area contributed by atoms with Gasteiger partial charge in [-0.05, 0) is 24.7 Å². The number of ether oxygens (including phenoxy) is 1. The fourth-order valence-electron chi connectivity index (χ4n) is 2.58. The van der Waals surface area contributed by atoms with E-state index < -0.39 is 0 Å². The number of hydrogen-bond acceptors (Lipinski definition) is 3. The van der Waals surface area contributed by atoms with Crippen molar-refractivity contribution in [3.8, 4) is 5.75 Å². The Labute approximate surface area is 134 Å². The lowest BCUT2D eigenvalue weighted by molar-refractivity contribution is 0.350. The van der Waals surface area contributed by atoms with Gasteiger partial charge in [0, 0.05) is 28.7 Å². The molecule has 2 aromatic carbocycles. The molecule has 0 aromatic heterocycles. The van der Waals surface area contributed by atoms with Crippen LogP contribution in [0.25, 0.3) is 0 Å². The molecule has 0 radical (unpaired) electrons. The highest BCUT2D eigenvalue weighted by Crippen LogP contribution is 2.36. The minimum atomic E-state index is 0.249. The standard InChI is InChI=1S/C17H18ClNOS/c1-19-15(11-21-16-8-3-2-7-14(16)18)13-6-4-5-12-9-10-20-17(12)13/h2-8,15,19H,9-11H2,1H3. The predicted octanol–water partition coefficient (Wildman–Crippen LogP) is 4.33. The summed E-state index contributed by atoms with van der Waals surface area (Å²) in [5.41, 5.74) is 2.56. The van der Waals surface area contributed by atoms with Crippen molar-refractivity contribution in [1.82, 2.24) is 5.32 Å². The first-order chi connectivity index (χ1) is 10.3. The van der Waals surface area contributed by atoms with Crippen LogP contribution in [0.1, 0.15) is 17.2 Å². The van der Waals surface area contributed by atoms with Crippen LogP contribution >= 0.6 is 23.4 Å². The van der Waals surface area contributed by atoms with Gasteiger partial charge in [0.25, 0.3) is 0 Å². The molecule has 0 aliphatic carbocycles. The zero-order chi connectivity index (χ0) is 14.7. The number of rotatable bonds is 5. The van der Waals surface area contributed by atoms with E-state index in [1.54, 1.807) is 11.8 Å². The Balaban J connectivity index is 1.77. The fraction of sp³-hybridized carbons (Fsp3) is 0.294. The summed E-state index contributed by atoms with van der Waals surface area (Å²) in [6.07, 6.45) is 1.01. The molecule has 4 heteroatoms. The molecule has 1 atom stereocenters. The Morgan fingerprint density at radius 1 is 1.24 bits per heavy atom. The first-order valence-corrected chi connectivity index (χ1v) is 8.45. The van der Waals surface area contributed by atoms with E-state index in [9.17, 15) is 0 Å². The normalized spacial score (nSPS) is 14.6. The van der Waals surface area contributed by atoms with Crippen LogP contribution in [0.4, 0.5) is 0 Å². The number of fused-ring (bicyclic) bond motifs is 1. The van der Waals surface area contributed by atoms with Gasteiger partial charge in [-0.3, -0.25) is 0 Å². The molecular weight excluding hydrogens is 302 g/mol. The molecule has 2 aromatic rings. The van der Waals surface area contributed by atoms with E-state index in [1.165, 1.54) is 11.1 Å². The summed E-state index contributed by atoms with van der Waals surface area (Å²) in [5.74, 6) is 1.98. The molecule has 1 unspecified atom stereocenters. The van der Waals surface area contributed by atoms with Gasteiger partial charge in [-0.15, -0.1) is 11.8 Å². The van der Waals surface area contributed by atoms with E-state index in [-0.39, 0.29) is 6.04 Å². The minimum Gasteiger partial charge on any atom is -0.493 e. The Morgan fingerprint density at radius 2 is 2.10 bits per heavy atom. The number of para-hydroxylation sites is 1. The monoisotopic (exact) mass is 319 g/mol. The van der Waals surface area contributed by atoms with Crippen LogP contribution in [0.5, 0.6) is 5.75 Å². The van der Waals surface area contributed by atoms with Crippen LogP contribution in [0.15, 0.2) is 47.4 Å². The second-order valence-electron chi connectivity index (χ2n) is 5.02. The highest BCUT2D eigenvalue weighted by Gasteiger charge is 2.21. The predicted molar refractivity (Wildman–Crippen MR) is 89.6 cm³/mol. The van der Waals surface area contributed by atoms with Gasteiger partial charge in [0.15, 0.2) is 0 Å². The number of hydrogen-bond donors (Lipinski definition) is 1. The maximum absolute atomic E-state index is 6.22. The Kier molecular flexibility index (Phi) is 4.73. The highest BCUT2D eigenvalue weighted by atomic mass is 35.5. The van der Waals surface area contributed by atoms with Gasteiger partial charge in [-0.25, -0.2) is 0 Å². The van der Waals surface area contributed by atoms with Gasteiger partial charge in [-0.1, -0.05) is 41.9 Å². The molecule has 1 N–H and O–H groups in total. The molecule has 0 fully saturated rings. The van der Waals surface area contributed by atoms with Crippen LogP contribution in [-0.2, 0) is 6.42 Å². The second-order valence-corrected chi connectivity index (χ2v) is 6.49. The lowest BCUT2D eigenvalue weighted by Gasteiger charge is -2.19. The number of thioether (sulfide) groups is 1. The Bertz CT molecular complexity index is 632. The number of benzene rings is 2. The summed E-state index contributed by atoms with van der Waals surface area (Å²) in [6, 6.07) is 14.6. The molecule has 0 saturated carbocycles. The van der Waals surface area contributed by atoms with Gasteiger partial charge in [-0.2, -0.15) is 0 Å². The molecule has 0 bridgehead atoms. The van der Waals surface area contributed by atoms with Crippen LogP contribution in [-0.4, -0.2) is 19.4 Å². The lowest BCUT2D eigenvalue weighted by atomic mass is 10.0. The van der Waals surface area contributed by atoms with E-state index in [2.05, 4.69) is 29.6 Å². The average molecular weight is 320 g/mol. The summed E-state index contributed by atoms with van der Waals surface area (Å²) in [7, 11) is 1.99. The number of nitrogens with one attached hydrogen (secondary N) is 1. The molecule has 0 spiro atoms. The van der Waals surface area contributed by atoms with Crippen LogP contribution < -0.4 is 10.1 Å². The van der Waals surface area contributed by atoms with Gasteiger partial charge in [0.2, 0.25) is 0 Å². The topological polar surface area (TPSA) is 21.3 Å². The third kappa shape index (κ3) is 3.20. The third-order valence-corrected chi connectivity index (χ3v) is 5.32. The van der Waals surface area contributed by atoms with Gasteiger partial charge in [0.05, 0.1) is 11.6 Å². The van der Waals surface area contributed by atoms with Crippen LogP contribution in [0.3, 0.4) is 0 Å².